The van der Waals surface area contributed by atoms with Crippen molar-refractivity contribution in [3.63, 3.8) is 0 Å². The number of hydrogen-bond donors (Lipinski definition) is 0. The van der Waals surface area contributed by atoms with E-state index < -0.39 is 0 Å². The smallest absolute Gasteiger partial charge is 0.0113 e. The van der Waals surface area contributed by atoms with Gasteiger partial charge in [-0.1, -0.05) is 0 Å². The van der Waals surface area contributed by atoms with E-state index in [9.17, 15) is 0 Å². The minimum Gasteiger partial charge on any atom is -0.301 e. The van der Waals surface area contributed by atoms with Crippen LogP contribution in [-0.4, -0.2) is 72.6 Å². The molecule has 2 aliphatic rings. The number of piperazine rings is 1. The van der Waals surface area contributed by atoms with Crippen LogP contribution in [0, 0.1) is 5.92 Å². The van der Waals surface area contributed by atoms with Gasteiger partial charge >= 0.3 is 0 Å². The lowest BCUT2D eigenvalue weighted by Crippen LogP contribution is -2.49. The Morgan fingerprint density at radius 3 is 1.75 bits per heavy atom. The quantitative estimate of drug-likeness (QED) is 0.767. The second kappa shape index (κ2) is 7.77. The molecule has 0 radical (unpaired) electrons. The van der Waals surface area contributed by atoms with Gasteiger partial charge in [-0.3, -0.25) is 4.90 Å². The van der Waals surface area contributed by atoms with Gasteiger partial charge in [0.05, 0.1) is 0 Å². The predicted octanol–water partition coefficient (Wildman–Crippen LogP) is 2.52. The molecular formula is C17H35N3. The van der Waals surface area contributed by atoms with E-state index in [1.165, 1.54) is 65.1 Å². The Hall–Kier alpha value is -0.120. The summed E-state index contributed by atoms with van der Waals surface area (Å²) in [4.78, 5) is 7.93. The molecule has 3 nitrogen and oxygen atoms in total. The van der Waals surface area contributed by atoms with Crippen LogP contribution in [-0.2, 0) is 0 Å². The molecule has 2 saturated heterocycles. The summed E-state index contributed by atoms with van der Waals surface area (Å²) in [6, 6.07) is 1.46. The first-order valence-corrected chi connectivity index (χ1v) is 8.76. The second-order valence-corrected chi connectivity index (χ2v) is 7.33. The summed E-state index contributed by atoms with van der Waals surface area (Å²) >= 11 is 0. The van der Waals surface area contributed by atoms with Crippen molar-refractivity contribution in [1.82, 2.24) is 14.7 Å². The Morgan fingerprint density at radius 1 is 0.750 bits per heavy atom. The molecule has 2 fully saturated rings. The first-order chi connectivity index (χ1) is 9.56. The SMILES string of the molecule is CC(C)N1CCC(CCN2CCN(C(C)C)CC2)CC1. The van der Waals surface area contributed by atoms with E-state index in [4.69, 9.17) is 0 Å². The van der Waals surface area contributed by atoms with Crippen molar-refractivity contribution in [1.29, 1.82) is 0 Å². The van der Waals surface area contributed by atoms with E-state index in [0.717, 1.165) is 18.0 Å². The van der Waals surface area contributed by atoms with Crippen molar-refractivity contribution < 1.29 is 0 Å². The molecule has 2 aliphatic heterocycles. The highest BCUT2D eigenvalue weighted by atomic mass is 15.3. The molecule has 0 aromatic rings. The second-order valence-electron chi connectivity index (χ2n) is 7.33. The van der Waals surface area contributed by atoms with Crippen LogP contribution in [0.5, 0.6) is 0 Å². The summed E-state index contributed by atoms with van der Waals surface area (Å²) in [5, 5.41) is 0. The molecule has 3 heteroatoms. The highest BCUT2D eigenvalue weighted by Gasteiger charge is 2.23. The standard InChI is InChI=1S/C17H35N3/c1-15(2)19-9-6-17(7-10-19)5-8-18-11-13-20(14-12-18)16(3)4/h15-17H,5-14H2,1-4H3. The van der Waals surface area contributed by atoms with Crippen LogP contribution in [0.4, 0.5) is 0 Å². The molecule has 0 unspecified atom stereocenters. The van der Waals surface area contributed by atoms with Gasteiger partial charge in [0, 0.05) is 38.3 Å². The predicted molar refractivity (Wildman–Crippen MR) is 87.2 cm³/mol. The highest BCUT2D eigenvalue weighted by Crippen LogP contribution is 2.22. The van der Waals surface area contributed by atoms with Crippen molar-refractivity contribution in [2.45, 2.75) is 59.0 Å². The number of hydrogen-bond acceptors (Lipinski definition) is 3. The van der Waals surface area contributed by atoms with Crippen molar-refractivity contribution in [2.75, 3.05) is 45.8 Å². The molecule has 0 atom stereocenters. The highest BCUT2D eigenvalue weighted by molar-refractivity contribution is 4.78. The Bertz CT molecular complexity index is 233. The van der Waals surface area contributed by atoms with E-state index in [1.54, 1.807) is 0 Å². The molecule has 118 valence electrons. The van der Waals surface area contributed by atoms with E-state index >= 15 is 0 Å². The summed E-state index contributed by atoms with van der Waals surface area (Å²) < 4.78 is 0. The number of nitrogens with zero attached hydrogens (tertiary/aromatic N) is 3. The van der Waals surface area contributed by atoms with Gasteiger partial charge < -0.3 is 9.80 Å². The Balaban J connectivity index is 1.60. The lowest BCUT2D eigenvalue weighted by Gasteiger charge is -2.38. The van der Waals surface area contributed by atoms with E-state index in [-0.39, 0.29) is 0 Å². The molecule has 2 rings (SSSR count). The normalized spacial score (nSPS) is 24.9. The van der Waals surface area contributed by atoms with Crippen molar-refractivity contribution in [2.24, 2.45) is 5.92 Å². The van der Waals surface area contributed by atoms with Gasteiger partial charge in [-0.25, -0.2) is 0 Å². The Labute approximate surface area is 126 Å². The molecule has 0 aromatic heterocycles. The first kappa shape index (κ1) is 16.3. The fourth-order valence-electron chi connectivity index (χ4n) is 3.63. The molecule has 0 bridgehead atoms. The fourth-order valence-corrected chi connectivity index (χ4v) is 3.63. The summed E-state index contributed by atoms with van der Waals surface area (Å²) in [6.07, 6.45) is 4.27. The molecule has 0 spiro atoms. The molecule has 20 heavy (non-hydrogen) atoms. The summed E-state index contributed by atoms with van der Waals surface area (Å²) in [7, 11) is 0. The van der Waals surface area contributed by atoms with Gasteiger partial charge in [0.25, 0.3) is 0 Å². The topological polar surface area (TPSA) is 9.72 Å². The number of likely N-dealkylation sites (tertiary alicyclic amines) is 1. The maximum atomic E-state index is 2.69. The van der Waals surface area contributed by atoms with Crippen LogP contribution in [0.3, 0.4) is 0 Å². The molecule has 0 saturated carbocycles. The summed E-state index contributed by atoms with van der Waals surface area (Å²) in [5.74, 6) is 0.980. The zero-order chi connectivity index (χ0) is 14.5. The summed E-state index contributed by atoms with van der Waals surface area (Å²) in [6.45, 7) is 18.4. The first-order valence-electron chi connectivity index (χ1n) is 8.76. The van der Waals surface area contributed by atoms with Gasteiger partial charge in [-0.15, -0.1) is 0 Å². The van der Waals surface area contributed by atoms with E-state index in [2.05, 4.69) is 42.4 Å². The lowest BCUT2D eigenvalue weighted by molar-refractivity contribution is 0.0944. The maximum Gasteiger partial charge on any atom is 0.0113 e. The fraction of sp³-hybridized carbons (Fsp3) is 1.00. The van der Waals surface area contributed by atoms with E-state index in [0.29, 0.717) is 0 Å². The average Bonchev–Trinajstić information content (AvgIpc) is 2.46. The van der Waals surface area contributed by atoms with Crippen LogP contribution in [0.1, 0.15) is 47.0 Å². The van der Waals surface area contributed by atoms with Crippen LogP contribution < -0.4 is 0 Å². The molecule has 0 aromatic carbocycles. The van der Waals surface area contributed by atoms with Crippen LogP contribution in [0.25, 0.3) is 0 Å². The third-order valence-corrected chi connectivity index (χ3v) is 5.37. The van der Waals surface area contributed by atoms with Crippen LogP contribution >= 0.6 is 0 Å². The molecule has 0 aliphatic carbocycles. The van der Waals surface area contributed by atoms with Gasteiger partial charge in [-0.2, -0.15) is 0 Å². The Kier molecular flexibility index (Phi) is 6.31. The molecule has 2 heterocycles. The van der Waals surface area contributed by atoms with Crippen molar-refractivity contribution in [3.8, 4) is 0 Å². The third-order valence-electron chi connectivity index (χ3n) is 5.37. The zero-order valence-electron chi connectivity index (χ0n) is 14.1. The molecule has 0 amide bonds. The lowest BCUT2D eigenvalue weighted by atomic mass is 9.92. The van der Waals surface area contributed by atoms with Crippen LogP contribution in [0.2, 0.25) is 0 Å². The van der Waals surface area contributed by atoms with Gasteiger partial charge in [0.15, 0.2) is 0 Å². The summed E-state index contributed by atoms with van der Waals surface area (Å²) in [5.41, 5.74) is 0. The molecule has 0 N–H and O–H groups in total. The van der Waals surface area contributed by atoms with Crippen molar-refractivity contribution in [3.05, 3.63) is 0 Å². The average molecular weight is 281 g/mol. The third kappa shape index (κ3) is 4.71. The monoisotopic (exact) mass is 281 g/mol. The van der Waals surface area contributed by atoms with Crippen molar-refractivity contribution >= 4 is 0 Å². The van der Waals surface area contributed by atoms with Crippen LogP contribution in [0.15, 0.2) is 0 Å². The van der Waals surface area contributed by atoms with Gasteiger partial charge in [0.1, 0.15) is 0 Å². The number of piperidine rings is 1. The maximum absolute atomic E-state index is 2.69. The minimum absolute atomic E-state index is 0.720. The zero-order valence-corrected chi connectivity index (χ0v) is 14.1. The number of rotatable bonds is 5. The molecular weight excluding hydrogens is 246 g/mol. The van der Waals surface area contributed by atoms with Gasteiger partial charge in [0.2, 0.25) is 0 Å². The largest absolute Gasteiger partial charge is 0.301 e. The minimum atomic E-state index is 0.720. The van der Waals surface area contributed by atoms with Gasteiger partial charge in [-0.05, 0) is 72.5 Å². The van der Waals surface area contributed by atoms with E-state index in [1.807, 2.05) is 0 Å². The Morgan fingerprint density at radius 2 is 1.25 bits per heavy atom.